The van der Waals surface area contributed by atoms with E-state index in [-0.39, 0.29) is 30.2 Å². The van der Waals surface area contributed by atoms with E-state index in [2.05, 4.69) is 45.9 Å². The van der Waals surface area contributed by atoms with Gasteiger partial charge in [-0.1, -0.05) is 63.3 Å². The first kappa shape index (κ1) is 28.9. The first-order valence-electron chi connectivity index (χ1n) is 14.7. The normalized spacial score (nSPS) is 32.4. The van der Waals surface area contributed by atoms with Crippen molar-refractivity contribution in [2.75, 3.05) is 31.1 Å². The van der Waals surface area contributed by atoms with Crippen LogP contribution in [-0.2, 0) is 14.4 Å². The molecule has 2 saturated heterocycles. The standard InChI is InChI=1S/C32H43N3O4S/c1-7-15-33-16-9-13-31(6)24(28(33)37)25-29(38)35(23(19-36)18-20(2)3)27-30(39)34(17-10-14-32(25,27)40-31)26-21(4)11-8-12-22(26)5/h8-14,20,23-25,27,36H,7,15-19H2,1-6H3/t23-,24+,25+,27?,31-,32+/m1/s1. The van der Waals surface area contributed by atoms with Crippen molar-refractivity contribution in [3.63, 3.8) is 0 Å². The van der Waals surface area contributed by atoms with E-state index in [4.69, 9.17) is 0 Å². The number of para-hydroxylation sites is 1. The third-order valence-corrected chi connectivity index (χ3v) is 10.9. The summed E-state index contributed by atoms with van der Waals surface area (Å²) >= 11 is 1.60. The van der Waals surface area contributed by atoms with Gasteiger partial charge in [0.25, 0.3) is 5.91 Å². The summed E-state index contributed by atoms with van der Waals surface area (Å²) in [7, 11) is 0. The minimum Gasteiger partial charge on any atom is -0.394 e. The molecular formula is C32H43N3O4S. The van der Waals surface area contributed by atoms with Crippen LogP contribution in [0.4, 0.5) is 5.69 Å². The summed E-state index contributed by atoms with van der Waals surface area (Å²) in [5.41, 5.74) is 2.86. The number of amides is 3. The number of hydrogen-bond donors (Lipinski definition) is 1. The highest BCUT2D eigenvalue weighted by Gasteiger charge is 2.74. The van der Waals surface area contributed by atoms with Crippen LogP contribution in [0.5, 0.6) is 0 Å². The maximum atomic E-state index is 14.8. The number of hydrogen-bond acceptors (Lipinski definition) is 5. The SMILES string of the molecule is CCCN1CC=C[C@@]2(C)S[C@]34C=CCN(c5c(C)cccc5C)C(=O)C3N([C@@H](CO)CC(C)C)C(=O)[C@@H]4[C@H]2C1=O. The third kappa shape index (κ3) is 4.33. The number of aryl methyl sites for hydroxylation is 2. The predicted molar refractivity (Wildman–Crippen MR) is 160 cm³/mol. The molecule has 1 spiro atoms. The van der Waals surface area contributed by atoms with Crippen LogP contribution in [0.3, 0.4) is 0 Å². The average molecular weight is 566 g/mol. The fraction of sp³-hybridized carbons (Fsp3) is 0.594. The average Bonchev–Trinajstić information content (AvgIpc) is 3.17. The highest BCUT2D eigenvalue weighted by atomic mass is 32.2. The molecule has 1 aromatic rings. The van der Waals surface area contributed by atoms with Crippen molar-refractivity contribution in [1.29, 1.82) is 0 Å². The van der Waals surface area contributed by atoms with E-state index in [1.165, 1.54) is 0 Å². The summed E-state index contributed by atoms with van der Waals surface area (Å²) in [5.74, 6) is -1.42. The molecule has 3 amide bonds. The summed E-state index contributed by atoms with van der Waals surface area (Å²) in [5, 5.41) is 10.6. The molecular weight excluding hydrogens is 522 g/mol. The lowest BCUT2D eigenvalue weighted by Gasteiger charge is -2.40. The molecule has 4 aliphatic heterocycles. The van der Waals surface area contributed by atoms with Crippen LogP contribution in [-0.4, -0.2) is 80.4 Å². The van der Waals surface area contributed by atoms with Crippen LogP contribution < -0.4 is 4.90 Å². The van der Waals surface area contributed by atoms with Crippen molar-refractivity contribution in [1.82, 2.24) is 9.80 Å². The number of rotatable bonds is 7. The zero-order chi connectivity index (χ0) is 29.0. The number of fused-ring (bicyclic) bond motifs is 2. The van der Waals surface area contributed by atoms with Gasteiger partial charge in [-0.25, -0.2) is 0 Å². The van der Waals surface area contributed by atoms with E-state index in [0.717, 1.165) is 23.2 Å². The van der Waals surface area contributed by atoms with Gasteiger partial charge in [0.2, 0.25) is 11.8 Å². The topological polar surface area (TPSA) is 81.2 Å². The largest absolute Gasteiger partial charge is 0.394 e. The molecule has 4 heterocycles. The van der Waals surface area contributed by atoms with Crippen LogP contribution >= 0.6 is 11.8 Å². The van der Waals surface area contributed by atoms with E-state index < -0.39 is 33.4 Å². The Kier molecular flexibility index (Phi) is 7.72. The molecule has 7 nitrogen and oxygen atoms in total. The fourth-order valence-electron chi connectivity index (χ4n) is 7.63. The van der Waals surface area contributed by atoms with Gasteiger partial charge in [0.1, 0.15) is 6.04 Å². The van der Waals surface area contributed by atoms with E-state index in [1.54, 1.807) is 16.7 Å². The Morgan fingerprint density at radius 2 is 1.68 bits per heavy atom. The lowest BCUT2D eigenvalue weighted by Crippen LogP contribution is -2.57. The Balaban J connectivity index is 1.69. The molecule has 4 aliphatic rings. The predicted octanol–water partition coefficient (Wildman–Crippen LogP) is 4.11. The highest BCUT2D eigenvalue weighted by molar-refractivity contribution is 8.02. The second-order valence-corrected chi connectivity index (χ2v) is 14.3. The van der Waals surface area contributed by atoms with Gasteiger partial charge in [0.15, 0.2) is 0 Å². The molecule has 0 aromatic heterocycles. The number of anilines is 1. The van der Waals surface area contributed by atoms with Gasteiger partial charge in [-0.05, 0) is 50.7 Å². The fourth-order valence-corrected chi connectivity index (χ4v) is 9.77. The Bertz CT molecular complexity index is 1240. The number of thioether (sulfide) groups is 1. The molecule has 1 N–H and O–H groups in total. The van der Waals surface area contributed by atoms with Gasteiger partial charge in [-0.2, -0.15) is 0 Å². The van der Waals surface area contributed by atoms with Crippen LogP contribution in [0, 0.1) is 31.6 Å². The van der Waals surface area contributed by atoms with Gasteiger partial charge in [0.05, 0.1) is 29.2 Å². The van der Waals surface area contributed by atoms with Gasteiger partial charge in [0, 0.05) is 30.1 Å². The second kappa shape index (κ2) is 10.7. The summed E-state index contributed by atoms with van der Waals surface area (Å²) in [6.45, 7) is 13.6. The number of carbonyl (C=O) groups excluding carboxylic acids is 3. The van der Waals surface area contributed by atoms with Crippen molar-refractivity contribution in [3.8, 4) is 0 Å². The molecule has 0 saturated carbocycles. The zero-order valence-electron chi connectivity index (χ0n) is 24.6. The minimum atomic E-state index is -0.918. The van der Waals surface area contributed by atoms with Gasteiger partial charge >= 0.3 is 0 Å². The molecule has 1 unspecified atom stereocenters. The van der Waals surface area contributed by atoms with Crippen molar-refractivity contribution in [2.24, 2.45) is 17.8 Å². The lowest BCUT2D eigenvalue weighted by atomic mass is 9.74. The van der Waals surface area contributed by atoms with Crippen LogP contribution in [0.1, 0.15) is 51.7 Å². The molecule has 2 fully saturated rings. The molecule has 6 atom stereocenters. The van der Waals surface area contributed by atoms with E-state index in [1.807, 2.05) is 47.9 Å². The van der Waals surface area contributed by atoms with Crippen molar-refractivity contribution >= 4 is 35.2 Å². The van der Waals surface area contributed by atoms with Gasteiger partial charge < -0.3 is 19.8 Å². The number of aliphatic hydroxyl groups excluding tert-OH is 1. The number of benzene rings is 1. The minimum absolute atomic E-state index is 0.0150. The maximum absolute atomic E-state index is 14.8. The monoisotopic (exact) mass is 565 g/mol. The Hall–Kier alpha value is -2.58. The highest BCUT2D eigenvalue weighted by Crippen LogP contribution is 2.66. The quantitative estimate of drug-likeness (QED) is 0.504. The Morgan fingerprint density at radius 3 is 2.30 bits per heavy atom. The van der Waals surface area contributed by atoms with Crippen molar-refractivity contribution < 1.29 is 19.5 Å². The second-order valence-electron chi connectivity index (χ2n) is 12.5. The Labute approximate surface area is 242 Å². The number of carbonyl (C=O) groups is 3. The molecule has 0 radical (unpaired) electrons. The molecule has 1 aromatic carbocycles. The number of likely N-dealkylation sites (tertiary alicyclic amines) is 1. The zero-order valence-corrected chi connectivity index (χ0v) is 25.4. The van der Waals surface area contributed by atoms with E-state index in [0.29, 0.717) is 26.1 Å². The maximum Gasteiger partial charge on any atom is 0.251 e. The molecule has 8 heteroatoms. The van der Waals surface area contributed by atoms with E-state index >= 15 is 0 Å². The molecule has 5 rings (SSSR count). The smallest absolute Gasteiger partial charge is 0.251 e. The van der Waals surface area contributed by atoms with E-state index in [9.17, 15) is 19.5 Å². The summed E-state index contributed by atoms with van der Waals surface area (Å²) in [4.78, 5) is 49.1. The van der Waals surface area contributed by atoms with Crippen LogP contribution in [0.15, 0.2) is 42.5 Å². The molecule has 0 aliphatic carbocycles. The first-order chi connectivity index (χ1) is 19.0. The van der Waals surface area contributed by atoms with Gasteiger partial charge in [-0.15, -0.1) is 11.8 Å². The number of aliphatic hydroxyl groups is 1. The Morgan fingerprint density at radius 1 is 1.00 bits per heavy atom. The summed E-state index contributed by atoms with van der Waals surface area (Å²) < 4.78 is -1.55. The van der Waals surface area contributed by atoms with Crippen molar-refractivity contribution in [2.45, 2.75) is 76.0 Å². The summed E-state index contributed by atoms with van der Waals surface area (Å²) in [6, 6.07) is 4.66. The number of nitrogens with zero attached hydrogens (tertiary/aromatic N) is 3. The van der Waals surface area contributed by atoms with Crippen LogP contribution in [0.2, 0.25) is 0 Å². The third-order valence-electron chi connectivity index (χ3n) is 9.13. The summed E-state index contributed by atoms with van der Waals surface area (Å²) in [6.07, 6.45) is 9.63. The first-order valence-corrected chi connectivity index (χ1v) is 15.5. The molecule has 216 valence electrons. The van der Waals surface area contributed by atoms with Gasteiger partial charge in [-0.3, -0.25) is 14.4 Å². The van der Waals surface area contributed by atoms with Crippen LogP contribution in [0.25, 0.3) is 0 Å². The molecule has 40 heavy (non-hydrogen) atoms. The molecule has 0 bridgehead atoms. The lowest BCUT2D eigenvalue weighted by molar-refractivity contribution is -0.145. The van der Waals surface area contributed by atoms with Crippen molar-refractivity contribution in [3.05, 3.63) is 53.6 Å².